The maximum Gasteiger partial charge on any atom is 0.140 e. The molecule has 4 aromatic rings. The van der Waals surface area contributed by atoms with Gasteiger partial charge in [-0.1, -0.05) is 13.0 Å². The molecule has 4 heteroatoms. The summed E-state index contributed by atoms with van der Waals surface area (Å²) in [7, 11) is 5.94. The molecule has 1 heterocycles. The number of ether oxygens (including phenoxy) is 1. The molecule has 0 aliphatic rings. The van der Waals surface area contributed by atoms with E-state index >= 15 is 0 Å². The quantitative estimate of drug-likeness (QED) is 0.459. The van der Waals surface area contributed by atoms with Gasteiger partial charge in [0, 0.05) is 37.3 Å². The number of anilines is 1. The summed E-state index contributed by atoms with van der Waals surface area (Å²) in [5.74, 6) is 1.86. The van der Waals surface area contributed by atoms with Crippen molar-refractivity contribution in [1.82, 2.24) is 9.55 Å². The van der Waals surface area contributed by atoms with Gasteiger partial charge in [0.2, 0.25) is 0 Å². The minimum Gasteiger partial charge on any atom is -0.497 e. The molecule has 0 amide bonds. The number of benzene rings is 3. The standard InChI is InChI=1S/C24H27N3O/c1-6-13-26(3)21-11-8-18(14-16(21)2)24-25-23-20-10-9-19(28-5)15-17(20)7-12-22(23)27(24)4/h7-12,14-15H,6,13H2,1-5H3. The smallest absolute Gasteiger partial charge is 0.140 e. The van der Waals surface area contributed by atoms with Gasteiger partial charge >= 0.3 is 0 Å². The average molecular weight is 374 g/mol. The Kier molecular flexibility index (Phi) is 4.71. The number of nitrogens with zero attached hydrogens (tertiary/aromatic N) is 3. The number of fused-ring (bicyclic) bond motifs is 3. The molecule has 0 unspecified atom stereocenters. The molecule has 0 spiro atoms. The zero-order chi connectivity index (χ0) is 19.8. The average Bonchev–Trinajstić information content (AvgIpc) is 3.04. The lowest BCUT2D eigenvalue weighted by molar-refractivity contribution is 0.415. The third kappa shape index (κ3) is 2.99. The maximum absolute atomic E-state index is 5.36. The highest BCUT2D eigenvalue weighted by molar-refractivity contribution is 6.05. The van der Waals surface area contributed by atoms with Gasteiger partial charge in [0.05, 0.1) is 18.1 Å². The summed E-state index contributed by atoms with van der Waals surface area (Å²) in [6.07, 6.45) is 1.14. The molecule has 0 saturated carbocycles. The van der Waals surface area contributed by atoms with Crippen molar-refractivity contribution in [2.45, 2.75) is 20.3 Å². The Labute approximate surface area is 166 Å². The first-order valence-electron chi connectivity index (χ1n) is 9.78. The Balaban J connectivity index is 1.84. The minimum atomic E-state index is 0.866. The Morgan fingerprint density at radius 1 is 1.07 bits per heavy atom. The van der Waals surface area contributed by atoms with Crippen molar-refractivity contribution in [3.63, 3.8) is 0 Å². The summed E-state index contributed by atoms with van der Waals surface area (Å²) < 4.78 is 7.55. The van der Waals surface area contributed by atoms with Gasteiger partial charge in [-0.2, -0.15) is 0 Å². The van der Waals surface area contributed by atoms with Crippen LogP contribution in [0.3, 0.4) is 0 Å². The van der Waals surface area contributed by atoms with E-state index in [9.17, 15) is 0 Å². The Hall–Kier alpha value is -3.01. The fourth-order valence-corrected chi connectivity index (χ4v) is 4.03. The third-order valence-electron chi connectivity index (χ3n) is 5.50. The first-order chi connectivity index (χ1) is 13.5. The molecular weight excluding hydrogens is 346 g/mol. The van der Waals surface area contributed by atoms with E-state index in [0.717, 1.165) is 51.9 Å². The van der Waals surface area contributed by atoms with Gasteiger partial charge < -0.3 is 14.2 Å². The summed E-state index contributed by atoms with van der Waals surface area (Å²) in [6.45, 7) is 5.44. The Bertz CT molecular complexity index is 1160. The first kappa shape index (κ1) is 18.4. The second kappa shape index (κ2) is 7.19. The van der Waals surface area contributed by atoms with Gasteiger partial charge in [0.15, 0.2) is 0 Å². The molecule has 1 aromatic heterocycles. The second-order valence-corrected chi connectivity index (χ2v) is 7.44. The molecule has 0 radical (unpaired) electrons. The van der Waals surface area contributed by atoms with Crippen LogP contribution in [-0.2, 0) is 7.05 Å². The molecule has 0 aliphatic carbocycles. The van der Waals surface area contributed by atoms with Crippen LogP contribution >= 0.6 is 0 Å². The maximum atomic E-state index is 5.36. The first-order valence-corrected chi connectivity index (χ1v) is 9.78. The van der Waals surface area contributed by atoms with Crippen molar-refractivity contribution < 1.29 is 4.74 Å². The molecule has 144 valence electrons. The van der Waals surface area contributed by atoms with E-state index in [1.807, 2.05) is 6.07 Å². The van der Waals surface area contributed by atoms with Crippen LogP contribution in [0.4, 0.5) is 5.69 Å². The predicted octanol–water partition coefficient (Wildman–Crippen LogP) is 5.56. The fourth-order valence-electron chi connectivity index (χ4n) is 4.03. The van der Waals surface area contributed by atoms with Crippen molar-refractivity contribution >= 4 is 27.5 Å². The molecule has 0 bridgehead atoms. The van der Waals surface area contributed by atoms with E-state index in [4.69, 9.17) is 9.72 Å². The largest absolute Gasteiger partial charge is 0.497 e. The SMILES string of the molecule is CCCN(C)c1ccc(-c2nc3c4ccc(OC)cc4ccc3n2C)cc1C. The molecule has 0 N–H and O–H groups in total. The van der Waals surface area contributed by atoms with E-state index in [0.29, 0.717) is 0 Å². The highest BCUT2D eigenvalue weighted by atomic mass is 16.5. The monoisotopic (exact) mass is 373 g/mol. The zero-order valence-electron chi connectivity index (χ0n) is 17.3. The number of imidazole rings is 1. The molecule has 0 saturated heterocycles. The van der Waals surface area contributed by atoms with Crippen molar-refractivity contribution in [3.05, 3.63) is 54.1 Å². The van der Waals surface area contributed by atoms with E-state index in [1.165, 1.54) is 11.3 Å². The van der Waals surface area contributed by atoms with Crippen molar-refractivity contribution in [2.24, 2.45) is 7.05 Å². The van der Waals surface area contributed by atoms with Crippen LogP contribution in [0.25, 0.3) is 33.2 Å². The van der Waals surface area contributed by atoms with Gasteiger partial charge in [-0.15, -0.1) is 0 Å². The van der Waals surface area contributed by atoms with Crippen molar-refractivity contribution in [1.29, 1.82) is 0 Å². The summed E-state index contributed by atoms with van der Waals surface area (Å²) in [5, 5.41) is 2.29. The van der Waals surface area contributed by atoms with E-state index in [2.05, 4.69) is 79.9 Å². The van der Waals surface area contributed by atoms with Gasteiger partial charge in [-0.3, -0.25) is 0 Å². The Morgan fingerprint density at radius 3 is 2.61 bits per heavy atom. The summed E-state index contributed by atoms with van der Waals surface area (Å²) in [4.78, 5) is 7.34. The number of hydrogen-bond donors (Lipinski definition) is 0. The molecule has 28 heavy (non-hydrogen) atoms. The predicted molar refractivity (Wildman–Crippen MR) is 119 cm³/mol. The molecule has 4 rings (SSSR count). The number of aromatic nitrogens is 2. The van der Waals surface area contributed by atoms with E-state index < -0.39 is 0 Å². The lowest BCUT2D eigenvalue weighted by Gasteiger charge is -2.21. The lowest BCUT2D eigenvalue weighted by atomic mass is 10.1. The van der Waals surface area contributed by atoms with E-state index in [-0.39, 0.29) is 0 Å². The highest BCUT2D eigenvalue weighted by Gasteiger charge is 2.14. The zero-order valence-corrected chi connectivity index (χ0v) is 17.3. The minimum absolute atomic E-state index is 0.866. The van der Waals surface area contributed by atoms with Crippen LogP contribution in [-0.4, -0.2) is 30.3 Å². The number of rotatable bonds is 5. The third-order valence-corrected chi connectivity index (χ3v) is 5.50. The molecule has 0 fully saturated rings. The topological polar surface area (TPSA) is 30.3 Å². The van der Waals surface area contributed by atoms with Crippen molar-refractivity contribution in [2.75, 3.05) is 25.6 Å². The van der Waals surface area contributed by atoms with Crippen LogP contribution in [0.15, 0.2) is 48.5 Å². The van der Waals surface area contributed by atoms with Crippen LogP contribution in [0.2, 0.25) is 0 Å². The highest BCUT2D eigenvalue weighted by Crippen LogP contribution is 2.32. The van der Waals surface area contributed by atoms with Gasteiger partial charge in [0.25, 0.3) is 0 Å². The van der Waals surface area contributed by atoms with Crippen LogP contribution in [0.5, 0.6) is 5.75 Å². The molecule has 0 atom stereocenters. The van der Waals surface area contributed by atoms with Gasteiger partial charge in [0.1, 0.15) is 11.6 Å². The summed E-state index contributed by atoms with van der Waals surface area (Å²) in [5.41, 5.74) is 5.86. The number of hydrogen-bond acceptors (Lipinski definition) is 3. The molecule has 3 aromatic carbocycles. The normalized spacial score (nSPS) is 11.3. The van der Waals surface area contributed by atoms with Crippen LogP contribution < -0.4 is 9.64 Å². The lowest BCUT2D eigenvalue weighted by Crippen LogP contribution is -2.18. The van der Waals surface area contributed by atoms with E-state index in [1.54, 1.807) is 7.11 Å². The van der Waals surface area contributed by atoms with Crippen molar-refractivity contribution in [3.8, 4) is 17.1 Å². The summed E-state index contributed by atoms with van der Waals surface area (Å²) >= 11 is 0. The molecular formula is C24H27N3O. The molecule has 0 aliphatic heterocycles. The fraction of sp³-hybridized carbons (Fsp3) is 0.292. The number of aryl methyl sites for hydroxylation is 2. The van der Waals surface area contributed by atoms with Gasteiger partial charge in [-0.05, 0) is 66.8 Å². The second-order valence-electron chi connectivity index (χ2n) is 7.44. The Morgan fingerprint density at radius 2 is 1.89 bits per heavy atom. The molecule has 4 nitrogen and oxygen atoms in total. The van der Waals surface area contributed by atoms with Crippen LogP contribution in [0, 0.1) is 6.92 Å². The summed E-state index contributed by atoms with van der Waals surface area (Å²) in [6, 6.07) is 17.1. The van der Waals surface area contributed by atoms with Gasteiger partial charge in [-0.25, -0.2) is 4.98 Å². The van der Waals surface area contributed by atoms with Crippen LogP contribution in [0.1, 0.15) is 18.9 Å². The number of methoxy groups -OCH3 is 1.